The van der Waals surface area contributed by atoms with Gasteiger partial charge in [-0.1, -0.05) is 19.8 Å². The highest BCUT2D eigenvalue weighted by Gasteiger charge is 2.23. The molecule has 2 aromatic heterocycles. The van der Waals surface area contributed by atoms with Gasteiger partial charge in [-0.25, -0.2) is 4.99 Å². The Labute approximate surface area is 179 Å². The highest BCUT2D eigenvalue weighted by molar-refractivity contribution is 5.79. The summed E-state index contributed by atoms with van der Waals surface area (Å²) in [7, 11) is 0. The van der Waals surface area contributed by atoms with Gasteiger partial charge in [0.15, 0.2) is 5.96 Å². The lowest BCUT2D eigenvalue weighted by atomic mass is 10.2. The molecule has 7 heteroatoms. The standard InChI is InChI=1S/C23H36N6O/c1-2-28-14-5-9-21(28)18-26-23(24-13-11-22-10-6-16-30-22)25-17-19-12-15-29(27-19)20-7-3-4-8-20/h6,10,12,15-16,20-21H,2-5,7-9,11,13-14,17-18H2,1H3,(H2,24,25,26). The average molecular weight is 413 g/mol. The highest BCUT2D eigenvalue weighted by atomic mass is 16.3. The van der Waals surface area contributed by atoms with Crippen LogP contribution in [-0.2, 0) is 13.0 Å². The van der Waals surface area contributed by atoms with E-state index in [1.807, 2.05) is 12.1 Å². The predicted molar refractivity (Wildman–Crippen MR) is 120 cm³/mol. The van der Waals surface area contributed by atoms with E-state index in [2.05, 4.69) is 39.4 Å². The summed E-state index contributed by atoms with van der Waals surface area (Å²) in [6.45, 7) is 6.88. The third-order valence-corrected chi connectivity index (χ3v) is 6.42. The van der Waals surface area contributed by atoms with E-state index in [9.17, 15) is 0 Å². The summed E-state index contributed by atoms with van der Waals surface area (Å²) in [6, 6.07) is 7.22. The lowest BCUT2D eigenvalue weighted by Gasteiger charge is -2.24. The first kappa shape index (κ1) is 21.0. The van der Waals surface area contributed by atoms with Gasteiger partial charge < -0.3 is 15.1 Å². The molecule has 2 N–H and O–H groups in total. The van der Waals surface area contributed by atoms with Gasteiger partial charge in [-0.3, -0.25) is 9.58 Å². The number of likely N-dealkylation sites (tertiary alicyclic amines) is 1. The molecule has 4 rings (SSSR count). The van der Waals surface area contributed by atoms with Crippen molar-refractivity contribution in [2.75, 3.05) is 26.2 Å². The number of aliphatic imine (C=N–C) groups is 1. The van der Waals surface area contributed by atoms with Crippen molar-refractivity contribution in [2.45, 2.75) is 70.5 Å². The van der Waals surface area contributed by atoms with Gasteiger partial charge in [0, 0.05) is 31.7 Å². The maximum atomic E-state index is 5.45. The third-order valence-electron chi connectivity index (χ3n) is 6.42. The van der Waals surface area contributed by atoms with Crippen LogP contribution in [0.25, 0.3) is 0 Å². The van der Waals surface area contributed by atoms with Gasteiger partial charge in [0.25, 0.3) is 0 Å². The van der Waals surface area contributed by atoms with Gasteiger partial charge >= 0.3 is 0 Å². The molecule has 0 radical (unpaired) electrons. The van der Waals surface area contributed by atoms with Crippen LogP contribution in [0.1, 0.15) is 62.9 Å². The van der Waals surface area contributed by atoms with Crippen LogP contribution >= 0.6 is 0 Å². The number of hydrogen-bond acceptors (Lipinski definition) is 4. The van der Waals surface area contributed by atoms with Crippen LogP contribution in [0.2, 0.25) is 0 Å². The maximum Gasteiger partial charge on any atom is 0.191 e. The summed E-state index contributed by atoms with van der Waals surface area (Å²) in [5.41, 5.74) is 1.03. The van der Waals surface area contributed by atoms with Crippen LogP contribution in [0.4, 0.5) is 0 Å². The molecule has 1 aliphatic heterocycles. The summed E-state index contributed by atoms with van der Waals surface area (Å²) < 4.78 is 7.59. The molecule has 2 aliphatic rings. The average Bonchev–Trinajstić information content (AvgIpc) is 3.56. The Kier molecular flexibility index (Phi) is 7.45. The van der Waals surface area contributed by atoms with Crippen LogP contribution in [0.15, 0.2) is 40.1 Å². The molecule has 2 fully saturated rings. The Bertz CT molecular complexity index is 777. The van der Waals surface area contributed by atoms with Crippen LogP contribution < -0.4 is 10.6 Å². The second-order valence-electron chi connectivity index (χ2n) is 8.45. The van der Waals surface area contributed by atoms with Crippen LogP contribution in [0, 0.1) is 0 Å². The molecule has 0 bridgehead atoms. The zero-order valence-corrected chi connectivity index (χ0v) is 18.2. The number of furan rings is 1. The van der Waals surface area contributed by atoms with E-state index in [-0.39, 0.29) is 0 Å². The molecule has 7 nitrogen and oxygen atoms in total. The molecular weight excluding hydrogens is 376 g/mol. The monoisotopic (exact) mass is 412 g/mol. The summed E-state index contributed by atoms with van der Waals surface area (Å²) in [4.78, 5) is 7.39. The van der Waals surface area contributed by atoms with Crippen LogP contribution in [0.5, 0.6) is 0 Å². The third kappa shape index (κ3) is 5.65. The van der Waals surface area contributed by atoms with Crippen LogP contribution in [0.3, 0.4) is 0 Å². The number of aromatic nitrogens is 2. The fourth-order valence-corrected chi connectivity index (χ4v) is 4.68. The number of hydrogen-bond donors (Lipinski definition) is 2. The topological polar surface area (TPSA) is 70.6 Å². The first-order valence-corrected chi connectivity index (χ1v) is 11.6. The van der Waals surface area contributed by atoms with Crippen molar-refractivity contribution in [3.63, 3.8) is 0 Å². The number of guanidine groups is 1. The van der Waals surface area contributed by atoms with E-state index in [0.29, 0.717) is 18.6 Å². The minimum absolute atomic E-state index is 0.578. The molecule has 1 atom stereocenters. The summed E-state index contributed by atoms with van der Waals surface area (Å²) in [5.74, 6) is 1.85. The van der Waals surface area contributed by atoms with Gasteiger partial charge in [-0.15, -0.1) is 0 Å². The van der Waals surface area contributed by atoms with E-state index in [1.54, 1.807) is 6.26 Å². The molecular formula is C23H36N6O. The number of likely N-dealkylation sites (N-methyl/N-ethyl adjacent to an activating group) is 1. The molecule has 0 spiro atoms. The lowest BCUT2D eigenvalue weighted by Crippen LogP contribution is -2.45. The Balaban J connectivity index is 1.33. The zero-order valence-electron chi connectivity index (χ0n) is 18.2. The molecule has 1 aliphatic carbocycles. The number of nitrogens with zero attached hydrogens (tertiary/aromatic N) is 4. The summed E-state index contributed by atoms with van der Waals surface area (Å²) >= 11 is 0. The molecule has 164 valence electrons. The Hall–Kier alpha value is -2.28. The highest BCUT2D eigenvalue weighted by Crippen LogP contribution is 2.28. The smallest absolute Gasteiger partial charge is 0.191 e. The Morgan fingerprint density at radius 2 is 2.10 bits per heavy atom. The Morgan fingerprint density at radius 3 is 2.90 bits per heavy atom. The molecule has 0 aromatic carbocycles. The number of rotatable bonds is 9. The second kappa shape index (κ2) is 10.7. The fraction of sp³-hybridized carbons (Fsp3) is 0.652. The molecule has 30 heavy (non-hydrogen) atoms. The zero-order chi connectivity index (χ0) is 20.6. The largest absolute Gasteiger partial charge is 0.469 e. The van der Waals surface area contributed by atoms with E-state index in [0.717, 1.165) is 43.5 Å². The van der Waals surface area contributed by atoms with Crippen molar-refractivity contribution in [3.8, 4) is 0 Å². The molecule has 3 heterocycles. The molecule has 1 saturated heterocycles. The van der Waals surface area contributed by atoms with E-state index >= 15 is 0 Å². The van der Waals surface area contributed by atoms with Crippen LogP contribution in [-0.4, -0.2) is 52.9 Å². The van der Waals surface area contributed by atoms with Crippen molar-refractivity contribution >= 4 is 5.96 Å². The van der Waals surface area contributed by atoms with Crippen molar-refractivity contribution in [3.05, 3.63) is 42.1 Å². The van der Waals surface area contributed by atoms with Crippen molar-refractivity contribution in [1.82, 2.24) is 25.3 Å². The van der Waals surface area contributed by atoms with E-state index in [1.165, 1.54) is 45.1 Å². The first-order chi connectivity index (χ1) is 14.8. The fourth-order valence-electron chi connectivity index (χ4n) is 4.68. The minimum Gasteiger partial charge on any atom is -0.469 e. The van der Waals surface area contributed by atoms with Gasteiger partial charge in [-0.2, -0.15) is 5.10 Å². The maximum absolute atomic E-state index is 5.45. The summed E-state index contributed by atoms with van der Waals surface area (Å²) in [6.07, 6.45) is 12.4. The lowest BCUT2D eigenvalue weighted by molar-refractivity contribution is 0.267. The first-order valence-electron chi connectivity index (χ1n) is 11.6. The van der Waals surface area contributed by atoms with Crippen molar-refractivity contribution < 1.29 is 4.42 Å². The summed E-state index contributed by atoms with van der Waals surface area (Å²) in [5, 5.41) is 11.8. The Morgan fingerprint density at radius 1 is 1.20 bits per heavy atom. The molecule has 1 unspecified atom stereocenters. The van der Waals surface area contributed by atoms with E-state index in [4.69, 9.17) is 14.5 Å². The predicted octanol–water partition coefficient (Wildman–Crippen LogP) is 3.35. The van der Waals surface area contributed by atoms with Gasteiger partial charge in [0.05, 0.1) is 24.5 Å². The van der Waals surface area contributed by atoms with Gasteiger partial charge in [0.2, 0.25) is 0 Å². The van der Waals surface area contributed by atoms with Gasteiger partial charge in [0.1, 0.15) is 5.76 Å². The second-order valence-corrected chi connectivity index (χ2v) is 8.45. The molecule has 2 aromatic rings. The number of nitrogens with one attached hydrogen (secondary N) is 2. The van der Waals surface area contributed by atoms with Crippen molar-refractivity contribution in [1.29, 1.82) is 0 Å². The van der Waals surface area contributed by atoms with E-state index < -0.39 is 0 Å². The minimum atomic E-state index is 0.578. The quantitative estimate of drug-likeness (QED) is 0.488. The van der Waals surface area contributed by atoms with Crippen molar-refractivity contribution in [2.24, 2.45) is 4.99 Å². The molecule has 1 saturated carbocycles. The molecule has 0 amide bonds. The normalized spacial score (nSPS) is 20.8. The van der Waals surface area contributed by atoms with Gasteiger partial charge in [-0.05, 0) is 57.0 Å². The SMILES string of the molecule is CCN1CCCC1CNC(=NCc1ccn(C2CCCC2)n1)NCCc1ccco1.